The average Bonchev–Trinajstić information content (AvgIpc) is 2.61. The fourth-order valence-electron chi connectivity index (χ4n) is 1.96. The zero-order valence-corrected chi connectivity index (χ0v) is 10.8. The van der Waals surface area contributed by atoms with Crippen LogP contribution in [0.3, 0.4) is 0 Å². The van der Waals surface area contributed by atoms with Crippen molar-refractivity contribution < 1.29 is 9.90 Å². The Labute approximate surface area is 106 Å². The van der Waals surface area contributed by atoms with Gasteiger partial charge in [-0.2, -0.15) is 0 Å². The maximum absolute atomic E-state index is 10.6. The van der Waals surface area contributed by atoms with Crippen LogP contribution >= 0.6 is 0 Å². The topological polar surface area (TPSA) is 55.1 Å². The third-order valence-electron chi connectivity index (χ3n) is 3.03. The summed E-state index contributed by atoms with van der Waals surface area (Å²) < 4.78 is 1.97. The van der Waals surface area contributed by atoms with Crippen molar-refractivity contribution in [1.82, 2.24) is 9.55 Å². The number of benzene rings is 1. The lowest BCUT2D eigenvalue weighted by molar-refractivity contribution is -0.131. The second kappa shape index (κ2) is 4.64. The van der Waals surface area contributed by atoms with Crippen LogP contribution in [0.5, 0.6) is 0 Å². The lowest BCUT2D eigenvalue weighted by Gasteiger charge is -2.06. The lowest BCUT2D eigenvalue weighted by Crippen LogP contribution is -2.00. The summed E-state index contributed by atoms with van der Waals surface area (Å²) in [6.45, 7) is 6.47. The normalized spacial score (nSPS) is 12.1. The molecule has 0 radical (unpaired) electrons. The van der Waals surface area contributed by atoms with E-state index in [4.69, 9.17) is 5.11 Å². The molecule has 0 bridgehead atoms. The Morgan fingerprint density at radius 1 is 1.39 bits per heavy atom. The smallest absolute Gasteiger partial charge is 0.328 e. The summed E-state index contributed by atoms with van der Waals surface area (Å²) in [5.74, 6) is -0.913. The molecule has 94 valence electrons. The number of nitrogens with zero attached hydrogens (tertiary/aromatic N) is 2. The minimum Gasteiger partial charge on any atom is -0.478 e. The summed E-state index contributed by atoms with van der Waals surface area (Å²) in [5.41, 5.74) is 5.20. The first kappa shape index (κ1) is 12.4. The standard InChI is InChI=1S/C14H16N2O2/c1-9(4-14(17)18)7-16-8-15-12-5-10(2)11(3)6-13(12)16/h4-6,8H,7H2,1-3H3,(H,17,18). The number of fused-ring (bicyclic) bond motifs is 1. The molecule has 0 amide bonds. The van der Waals surface area contributed by atoms with Gasteiger partial charge in [-0.1, -0.05) is 0 Å². The van der Waals surface area contributed by atoms with E-state index in [0.29, 0.717) is 6.54 Å². The number of aryl methyl sites for hydroxylation is 2. The van der Waals surface area contributed by atoms with Gasteiger partial charge in [-0.15, -0.1) is 0 Å². The molecule has 1 aromatic carbocycles. The molecule has 0 saturated carbocycles. The zero-order chi connectivity index (χ0) is 13.3. The van der Waals surface area contributed by atoms with Gasteiger partial charge in [0, 0.05) is 12.6 Å². The van der Waals surface area contributed by atoms with E-state index in [2.05, 4.69) is 31.0 Å². The van der Waals surface area contributed by atoms with E-state index in [1.165, 1.54) is 17.2 Å². The van der Waals surface area contributed by atoms with E-state index in [1.54, 1.807) is 13.3 Å². The fourth-order valence-corrected chi connectivity index (χ4v) is 1.96. The highest BCUT2D eigenvalue weighted by atomic mass is 16.4. The highest BCUT2D eigenvalue weighted by Crippen LogP contribution is 2.19. The molecule has 2 aromatic rings. The summed E-state index contributed by atoms with van der Waals surface area (Å²) in [6.07, 6.45) is 2.98. The van der Waals surface area contributed by atoms with Gasteiger partial charge in [-0.25, -0.2) is 9.78 Å². The number of aromatic nitrogens is 2. The second-order valence-corrected chi connectivity index (χ2v) is 4.63. The highest BCUT2D eigenvalue weighted by molar-refractivity contribution is 5.81. The molecular formula is C14H16N2O2. The summed E-state index contributed by atoms with van der Waals surface area (Å²) in [5, 5.41) is 8.71. The molecule has 0 atom stereocenters. The third kappa shape index (κ3) is 2.42. The van der Waals surface area contributed by atoms with E-state index in [0.717, 1.165) is 16.6 Å². The SMILES string of the molecule is CC(=CC(=O)O)Cn1cnc2cc(C)c(C)cc21. The van der Waals surface area contributed by atoms with Gasteiger partial charge in [-0.05, 0) is 49.6 Å². The minimum atomic E-state index is -0.913. The number of allylic oxidation sites excluding steroid dienone is 1. The number of hydrogen-bond acceptors (Lipinski definition) is 2. The van der Waals surface area contributed by atoms with Crippen molar-refractivity contribution in [2.24, 2.45) is 0 Å². The molecule has 4 heteroatoms. The Bertz CT molecular complexity index is 639. The van der Waals surface area contributed by atoms with Gasteiger partial charge in [0.25, 0.3) is 0 Å². The van der Waals surface area contributed by atoms with E-state index in [-0.39, 0.29) is 0 Å². The first-order valence-electron chi connectivity index (χ1n) is 5.79. The molecule has 0 aliphatic heterocycles. The van der Waals surface area contributed by atoms with Gasteiger partial charge in [0.1, 0.15) is 0 Å². The van der Waals surface area contributed by atoms with Crippen LogP contribution in [0.1, 0.15) is 18.1 Å². The summed E-state index contributed by atoms with van der Waals surface area (Å²) >= 11 is 0. The number of carboxylic acids is 1. The zero-order valence-electron chi connectivity index (χ0n) is 10.8. The molecule has 2 rings (SSSR count). The van der Waals surface area contributed by atoms with E-state index >= 15 is 0 Å². The fraction of sp³-hybridized carbons (Fsp3) is 0.286. The van der Waals surface area contributed by atoms with E-state index < -0.39 is 5.97 Å². The predicted octanol–water partition coefficient (Wildman–Crippen LogP) is 2.68. The number of rotatable bonds is 3. The van der Waals surface area contributed by atoms with Crippen molar-refractivity contribution in [3.8, 4) is 0 Å². The molecule has 0 aliphatic carbocycles. The number of carbonyl (C=O) groups is 1. The van der Waals surface area contributed by atoms with Gasteiger partial charge in [0.2, 0.25) is 0 Å². The molecule has 0 unspecified atom stereocenters. The van der Waals surface area contributed by atoms with Crippen LogP contribution in [0.2, 0.25) is 0 Å². The highest BCUT2D eigenvalue weighted by Gasteiger charge is 2.05. The molecule has 0 saturated heterocycles. The first-order chi connectivity index (χ1) is 8.47. The number of imidazole rings is 1. The van der Waals surface area contributed by atoms with Gasteiger partial charge in [0.15, 0.2) is 0 Å². The van der Waals surface area contributed by atoms with Crippen molar-refractivity contribution in [1.29, 1.82) is 0 Å². The molecule has 0 fully saturated rings. The summed E-state index contributed by atoms with van der Waals surface area (Å²) in [6, 6.07) is 4.14. The van der Waals surface area contributed by atoms with Crippen LogP contribution in [0.4, 0.5) is 0 Å². The Morgan fingerprint density at radius 2 is 2.06 bits per heavy atom. The van der Waals surface area contributed by atoms with Crippen molar-refractivity contribution in [3.63, 3.8) is 0 Å². The predicted molar refractivity (Wildman–Crippen MR) is 70.6 cm³/mol. The van der Waals surface area contributed by atoms with Crippen molar-refractivity contribution >= 4 is 17.0 Å². The largest absolute Gasteiger partial charge is 0.478 e. The third-order valence-corrected chi connectivity index (χ3v) is 3.03. The van der Waals surface area contributed by atoms with Crippen LogP contribution < -0.4 is 0 Å². The molecular weight excluding hydrogens is 228 g/mol. The van der Waals surface area contributed by atoms with Gasteiger partial charge in [0.05, 0.1) is 17.4 Å². The van der Waals surface area contributed by atoms with Crippen LogP contribution in [0, 0.1) is 13.8 Å². The maximum Gasteiger partial charge on any atom is 0.328 e. The lowest BCUT2D eigenvalue weighted by atomic mass is 10.1. The van der Waals surface area contributed by atoms with Gasteiger partial charge in [-0.3, -0.25) is 0 Å². The van der Waals surface area contributed by atoms with Crippen LogP contribution in [-0.2, 0) is 11.3 Å². The molecule has 0 spiro atoms. The number of hydrogen-bond donors (Lipinski definition) is 1. The first-order valence-corrected chi connectivity index (χ1v) is 5.79. The maximum atomic E-state index is 10.6. The summed E-state index contributed by atoms with van der Waals surface area (Å²) in [4.78, 5) is 14.9. The Kier molecular flexibility index (Phi) is 3.19. The number of aliphatic carboxylic acids is 1. The quantitative estimate of drug-likeness (QED) is 0.844. The monoisotopic (exact) mass is 244 g/mol. The van der Waals surface area contributed by atoms with Crippen LogP contribution in [0.15, 0.2) is 30.1 Å². The van der Waals surface area contributed by atoms with Crippen molar-refractivity contribution in [3.05, 3.63) is 41.2 Å². The number of carboxylic acid groups (broad SMARTS) is 1. The Morgan fingerprint density at radius 3 is 2.72 bits per heavy atom. The second-order valence-electron chi connectivity index (χ2n) is 4.63. The molecule has 18 heavy (non-hydrogen) atoms. The Hall–Kier alpha value is -2.10. The average molecular weight is 244 g/mol. The van der Waals surface area contributed by atoms with Crippen molar-refractivity contribution in [2.75, 3.05) is 0 Å². The minimum absolute atomic E-state index is 0.547. The van der Waals surface area contributed by atoms with Crippen LogP contribution in [0.25, 0.3) is 11.0 Å². The molecule has 0 aliphatic rings. The van der Waals surface area contributed by atoms with E-state index in [9.17, 15) is 4.79 Å². The molecule has 1 aromatic heterocycles. The van der Waals surface area contributed by atoms with E-state index in [1.807, 2.05) is 4.57 Å². The van der Waals surface area contributed by atoms with Gasteiger partial charge < -0.3 is 9.67 Å². The molecule has 1 N–H and O–H groups in total. The summed E-state index contributed by atoms with van der Waals surface area (Å²) in [7, 11) is 0. The molecule has 1 heterocycles. The molecule has 4 nitrogen and oxygen atoms in total. The van der Waals surface area contributed by atoms with Crippen molar-refractivity contribution in [2.45, 2.75) is 27.3 Å². The van der Waals surface area contributed by atoms with Gasteiger partial charge >= 0.3 is 5.97 Å². The Balaban J connectivity index is 2.41. The van der Waals surface area contributed by atoms with Crippen LogP contribution in [-0.4, -0.2) is 20.6 Å².